The summed E-state index contributed by atoms with van der Waals surface area (Å²) in [4.78, 5) is 35.0. The number of benzene rings is 2. The van der Waals surface area contributed by atoms with Gasteiger partial charge in [-0.2, -0.15) is 0 Å². The van der Waals surface area contributed by atoms with E-state index in [1.807, 2.05) is 12.1 Å². The highest BCUT2D eigenvalue weighted by Gasteiger charge is 2.40. The molecule has 4 aliphatic rings. The molecule has 1 saturated carbocycles. The van der Waals surface area contributed by atoms with Crippen molar-refractivity contribution in [1.82, 2.24) is 19.8 Å². The Balaban J connectivity index is 1.09. The molecule has 11 nitrogen and oxygen atoms in total. The molecule has 1 unspecified atom stereocenters. The summed E-state index contributed by atoms with van der Waals surface area (Å²) in [6.07, 6.45) is 7.92. The number of halogens is 2. The third kappa shape index (κ3) is 7.26. The highest BCUT2D eigenvalue weighted by Crippen LogP contribution is 2.41. The third-order valence-corrected chi connectivity index (χ3v) is 10.4. The summed E-state index contributed by atoms with van der Waals surface area (Å²) in [5, 5.41) is 7.86. The monoisotopic (exact) mass is 688 g/mol. The van der Waals surface area contributed by atoms with Crippen LogP contribution >= 0.6 is 0 Å². The van der Waals surface area contributed by atoms with E-state index in [1.54, 1.807) is 18.2 Å². The third-order valence-electron chi connectivity index (χ3n) is 10.4. The minimum Gasteiger partial charge on any atom is -0.494 e. The zero-order chi connectivity index (χ0) is 34.9. The summed E-state index contributed by atoms with van der Waals surface area (Å²) < 4.78 is 33.9. The van der Waals surface area contributed by atoms with E-state index in [2.05, 4.69) is 55.7 Å². The topological polar surface area (TPSA) is 98.3 Å². The maximum Gasteiger partial charge on any atom is 0.247 e. The van der Waals surface area contributed by atoms with Crippen LogP contribution in [-0.2, 0) is 9.63 Å². The first-order chi connectivity index (χ1) is 24.2. The molecule has 0 radical (unpaired) electrons. The first kappa shape index (κ1) is 34.1. The number of carbonyl (C=O) groups is 1. The number of hydrogen-bond donors (Lipinski definition) is 2. The van der Waals surface area contributed by atoms with Gasteiger partial charge in [0, 0.05) is 75.0 Å². The number of nitrogens with one attached hydrogen (secondary N) is 2. The molecular formula is C37H46F2N8O3. The number of anilines is 5. The van der Waals surface area contributed by atoms with E-state index in [1.165, 1.54) is 37.4 Å². The number of piperidine rings is 1. The van der Waals surface area contributed by atoms with Crippen molar-refractivity contribution in [1.29, 1.82) is 0 Å². The van der Waals surface area contributed by atoms with E-state index >= 15 is 0 Å². The van der Waals surface area contributed by atoms with Crippen molar-refractivity contribution in [2.75, 3.05) is 60.5 Å². The largest absolute Gasteiger partial charge is 0.494 e. The van der Waals surface area contributed by atoms with Crippen LogP contribution in [0.15, 0.2) is 55.4 Å². The van der Waals surface area contributed by atoms with Gasteiger partial charge >= 0.3 is 0 Å². The highest BCUT2D eigenvalue weighted by atomic mass is 19.1. The molecule has 1 amide bonds. The van der Waals surface area contributed by atoms with Crippen LogP contribution in [-0.4, -0.2) is 89.7 Å². The summed E-state index contributed by atoms with van der Waals surface area (Å²) in [6, 6.07) is 10.9. The molecule has 2 aromatic carbocycles. The van der Waals surface area contributed by atoms with Gasteiger partial charge < -0.3 is 20.3 Å². The van der Waals surface area contributed by atoms with Crippen LogP contribution in [0.1, 0.15) is 57.6 Å². The lowest BCUT2D eigenvalue weighted by molar-refractivity contribution is -0.111. The molecule has 1 aromatic heterocycles. The molecule has 3 aromatic rings. The number of hydrogen-bond acceptors (Lipinski definition) is 10. The highest BCUT2D eigenvalue weighted by molar-refractivity contribution is 6.02. The van der Waals surface area contributed by atoms with E-state index in [0.29, 0.717) is 65.5 Å². The Morgan fingerprint density at radius 3 is 2.24 bits per heavy atom. The molecular weight excluding hydrogens is 642 g/mol. The van der Waals surface area contributed by atoms with Gasteiger partial charge in [0.25, 0.3) is 0 Å². The number of nitrogens with zero attached hydrogens (tertiary/aromatic N) is 6. The molecule has 0 bridgehead atoms. The number of carbonyl (C=O) groups excluding carboxylic acids is 1. The Kier molecular flexibility index (Phi) is 9.89. The Morgan fingerprint density at radius 1 is 0.920 bits per heavy atom. The standard InChI is InChI=1S/C37H46F2N8O3/c1-5-37(48)43-30-17-31(42-35-19-36(41-22-40-35)47-32(10-13-50-47)25-14-26(38)16-27(39)15-25)34(49-4)18-33(30)44-11-8-29(9-12-44)46-21-23(2)45(20-24(46)3)28-6-7-28/h5,14-19,22-24,28-29,32H,1,6-13,20-21H2,2-4H3,(H,43,48)(H,40,41,42)/t23-,24+,32?/m0/s1. The Labute approximate surface area is 292 Å². The van der Waals surface area contributed by atoms with Crippen molar-refractivity contribution >= 4 is 34.6 Å². The smallest absolute Gasteiger partial charge is 0.247 e. The molecule has 0 spiro atoms. The predicted molar refractivity (Wildman–Crippen MR) is 190 cm³/mol. The number of methoxy groups -OCH3 is 1. The molecule has 7 rings (SSSR count). The maximum absolute atomic E-state index is 14.0. The average Bonchev–Trinajstić information content (AvgIpc) is 3.83. The van der Waals surface area contributed by atoms with Gasteiger partial charge in [-0.25, -0.2) is 23.8 Å². The first-order valence-electron chi connectivity index (χ1n) is 17.6. The Bertz CT molecular complexity index is 1700. The van der Waals surface area contributed by atoms with Crippen molar-refractivity contribution in [2.24, 2.45) is 0 Å². The van der Waals surface area contributed by atoms with Crippen molar-refractivity contribution in [3.05, 3.63) is 72.6 Å². The molecule has 4 heterocycles. The minimum absolute atomic E-state index is 0.316. The number of ether oxygens (including phenoxy) is 1. The summed E-state index contributed by atoms with van der Waals surface area (Å²) in [5.41, 5.74) is 2.54. The van der Waals surface area contributed by atoms with Crippen molar-refractivity contribution in [3.63, 3.8) is 0 Å². The van der Waals surface area contributed by atoms with Gasteiger partial charge in [0.05, 0.1) is 36.8 Å². The lowest BCUT2D eigenvalue weighted by Gasteiger charge is -2.49. The number of amides is 1. The molecule has 13 heteroatoms. The molecule has 1 aliphatic carbocycles. The normalized spacial score (nSPS) is 23.6. The lowest BCUT2D eigenvalue weighted by atomic mass is 9.97. The molecule has 4 fully saturated rings. The summed E-state index contributed by atoms with van der Waals surface area (Å²) in [6.45, 7) is 12.7. The van der Waals surface area contributed by atoms with Crippen molar-refractivity contribution < 1.29 is 23.1 Å². The minimum atomic E-state index is -0.650. The molecule has 3 saturated heterocycles. The van der Waals surface area contributed by atoms with Gasteiger partial charge in [0.2, 0.25) is 5.91 Å². The van der Waals surface area contributed by atoms with Crippen LogP contribution in [0.4, 0.5) is 37.5 Å². The van der Waals surface area contributed by atoms with E-state index in [0.717, 1.165) is 56.8 Å². The number of piperazine rings is 1. The quantitative estimate of drug-likeness (QED) is 0.246. The fraction of sp³-hybridized carbons (Fsp3) is 0.486. The van der Waals surface area contributed by atoms with Crippen molar-refractivity contribution in [3.8, 4) is 5.75 Å². The van der Waals surface area contributed by atoms with Gasteiger partial charge in [-0.05, 0) is 69.4 Å². The van der Waals surface area contributed by atoms with Crippen LogP contribution in [0.5, 0.6) is 5.75 Å². The maximum atomic E-state index is 14.0. The summed E-state index contributed by atoms with van der Waals surface area (Å²) in [5.74, 6) is -0.184. The van der Waals surface area contributed by atoms with Gasteiger partial charge in [0.1, 0.15) is 29.5 Å². The van der Waals surface area contributed by atoms with E-state index in [4.69, 9.17) is 9.57 Å². The van der Waals surface area contributed by atoms with Gasteiger partial charge in [-0.1, -0.05) is 6.58 Å². The van der Waals surface area contributed by atoms with E-state index in [-0.39, 0.29) is 5.91 Å². The van der Waals surface area contributed by atoms with Crippen molar-refractivity contribution in [2.45, 2.75) is 76.2 Å². The Hall–Kier alpha value is -4.33. The van der Waals surface area contributed by atoms with Crippen LogP contribution < -0.4 is 25.3 Å². The molecule has 3 atom stereocenters. The van der Waals surface area contributed by atoms with Crippen LogP contribution in [0.2, 0.25) is 0 Å². The zero-order valence-corrected chi connectivity index (χ0v) is 28.9. The number of hydroxylamine groups is 1. The molecule has 50 heavy (non-hydrogen) atoms. The fourth-order valence-corrected chi connectivity index (χ4v) is 7.86. The van der Waals surface area contributed by atoms with Crippen LogP contribution in [0, 0.1) is 11.6 Å². The zero-order valence-electron chi connectivity index (χ0n) is 28.9. The SMILES string of the molecule is C=CC(=O)Nc1cc(Nc2cc(N3OCCC3c3cc(F)cc(F)c3)ncn2)c(OC)cc1N1CCC(N2C[C@H](C)N(C3CC3)C[C@H]2C)CC1. The Morgan fingerprint density at radius 2 is 1.60 bits per heavy atom. The van der Waals surface area contributed by atoms with Gasteiger partial charge in [-0.3, -0.25) is 19.4 Å². The predicted octanol–water partition coefficient (Wildman–Crippen LogP) is 6.04. The van der Waals surface area contributed by atoms with Crippen LogP contribution in [0.25, 0.3) is 0 Å². The average molecular weight is 689 g/mol. The molecule has 3 aliphatic heterocycles. The fourth-order valence-electron chi connectivity index (χ4n) is 7.86. The number of aromatic nitrogens is 2. The molecule has 266 valence electrons. The first-order valence-corrected chi connectivity index (χ1v) is 17.6. The second kappa shape index (κ2) is 14.5. The number of rotatable bonds is 10. The molecule has 2 N–H and O–H groups in total. The summed E-state index contributed by atoms with van der Waals surface area (Å²) in [7, 11) is 1.61. The van der Waals surface area contributed by atoms with Gasteiger partial charge in [-0.15, -0.1) is 0 Å². The second-order valence-electron chi connectivity index (χ2n) is 13.9. The van der Waals surface area contributed by atoms with E-state index < -0.39 is 17.7 Å². The summed E-state index contributed by atoms with van der Waals surface area (Å²) >= 11 is 0. The second-order valence-corrected chi connectivity index (χ2v) is 13.9. The van der Waals surface area contributed by atoms with E-state index in [9.17, 15) is 13.6 Å². The lowest BCUT2D eigenvalue weighted by Crippen LogP contribution is -2.61. The van der Waals surface area contributed by atoms with Crippen LogP contribution in [0.3, 0.4) is 0 Å². The van der Waals surface area contributed by atoms with Gasteiger partial charge in [0.15, 0.2) is 5.82 Å².